The van der Waals surface area contributed by atoms with E-state index in [1.54, 1.807) is 26.2 Å². The average molecular weight is 373 g/mol. The van der Waals surface area contributed by atoms with Crippen LogP contribution in [0.2, 0.25) is 0 Å². The van der Waals surface area contributed by atoms with Gasteiger partial charge in [-0.25, -0.2) is 0 Å². The zero-order chi connectivity index (χ0) is 20.5. The predicted molar refractivity (Wildman–Crippen MR) is 108 cm³/mol. The molecule has 0 bridgehead atoms. The highest BCUT2D eigenvalue weighted by molar-refractivity contribution is 5.99. The van der Waals surface area contributed by atoms with Gasteiger partial charge in [-0.15, -0.1) is 0 Å². The molecule has 27 heavy (non-hydrogen) atoms. The Morgan fingerprint density at radius 1 is 1.15 bits per heavy atom. The second-order valence-corrected chi connectivity index (χ2v) is 7.91. The van der Waals surface area contributed by atoms with Crippen molar-refractivity contribution in [2.24, 2.45) is 5.41 Å². The molecule has 0 radical (unpaired) electrons. The Kier molecular flexibility index (Phi) is 5.63. The van der Waals surface area contributed by atoms with Gasteiger partial charge in [0, 0.05) is 20.1 Å². The van der Waals surface area contributed by atoms with Crippen molar-refractivity contribution in [3.63, 3.8) is 0 Å². The summed E-state index contributed by atoms with van der Waals surface area (Å²) in [6.07, 6.45) is 0.778. The molecule has 1 amide bonds. The number of phenolic OH excluding ortho intramolecular Hbond substituents is 1. The van der Waals surface area contributed by atoms with Crippen LogP contribution in [0.15, 0.2) is 27.8 Å². The van der Waals surface area contributed by atoms with Crippen LogP contribution < -0.4 is 21.5 Å². The summed E-state index contributed by atoms with van der Waals surface area (Å²) in [5, 5.41) is 16.4. The summed E-state index contributed by atoms with van der Waals surface area (Å²) in [5.74, 6) is -0.628. The standard InChI is InChI=1S/C20H27N3O4/c1-7-13(20(2,3)4)22-15-14(17(25)18(15)26)21-12-10-8-9-11(16(12)24)19(27)23(5)6/h8-10,13,21-22,24H,7H2,1-6H3. The van der Waals surface area contributed by atoms with Crippen LogP contribution in [-0.2, 0) is 0 Å². The van der Waals surface area contributed by atoms with E-state index in [4.69, 9.17) is 0 Å². The van der Waals surface area contributed by atoms with Gasteiger partial charge in [-0.2, -0.15) is 0 Å². The topological polar surface area (TPSA) is 98.7 Å². The summed E-state index contributed by atoms with van der Waals surface area (Å²) in [7, 11) is 3.16. The highest BCUT2D eigenvalue weighted by Crippen LogP contribution is 2.33. The number of para-hydroxylation sites is 1. The van der Waals surface area contributed by atoms with Gasteiger partial charge >= 0.3 is 0 Å². The number of anilines is 3. The zero-order valence-electron chi connectivity index (χ0n) is 16.6. The van der Waals surface area contributed by atoms with Crippen molar-refractivity contribution >= 4 is 23.0 Å². The van der Waals surface area contributed by atoms with E-state index in [0.717, 1.165) is 6.42 Å². The first kappa shape index (κ1) is 20.5. The van der Waals surface area contributed by atoms with Gasteiger partial charge in [-0.3, -0.25) is 14.4 Å². The highest BCUT2D eigenvalue weighted by atomic mass is 16.3. The number of nitrogens with one attached hydrogen (secondary N) is 2. The maximum Gasteiger partial charge on any atom is 0.257 e. The van der Waals surface area contributed by atoms with E-state index >= 15 is 0 Å². The van der Waals surface area contributed by atoms with Crippen molar-refractivity contribution in [2.45, 2.75) is 40.2 Å². The molecule has 146 valence electrons. The normalized spacial score (nSPS) is 12.7. The van der Waals surface area contributed by atoms with Crippen LogP contribution in [0.25, 0.3) is 0 Å². The monoisotopic (exact) mass is 373 g/mol. The van der Waals surface area contributed by atoms with Crippen LogP contribution in [0.1, 0.15) is 44.5 Å². The Labute approximate surface area is 158 Å². The fraction of sp³-hybridized carbons (Fsp3) is 0.450. The van der Waals surface area contributed by atoms with Crippen molar-refractivity contribution in [1.29, 1.82) is 0 Å². The summed E-state index contributed by atoms with van der Waals surface area (Å²) >= 11 is 0. The first-order valence-electron chi connectivity index (χ1n) is 8.89. The van der Waals surface area contributed by atoms with Crippen LogP contribution in [-0.4, -0.2) is 36.1 Å². The molecule has 0 saturated carbocycles. The van der Waals surface area contributed by atoms with Crippen molar-refractivity contribution < 1.29 is 9.90 Å². The SMILES string of the molecule is CCC(Nc1c(Nc2cccc(C(=O)N(C)C)c2O)c(=O)c1=O)C(C)(C)C. The van der Waals surface area contributed by atoms with Gasteiger partial charge in [0.15, 0.2) is 5.75 Å². The second kappa shape index (κ2) is 7.42. The maximum atomic E-state index is 12.2. The molecule has 2 aromatic carbocycles. The molecule has 2 aromatic rings. The molecule has 0 aliphatic rings. The largest absolute Gasteiger partial charge is 0.505 e. The number of aromatic hydroxyl groups is 1. The van der Waals surface area contributed by atoms with E-state index in [1.807, 2.05) is 6.92 Å². The Balaban J connectivity index is 2.37. The molecular weight excluding hydrogens is 346 g/mol. The number of phenols is 1. The summed E-state index contributed by atoms with van der Waals surface area (Å²) < 4.78 is 0. The summed E-state index contributed by atoms with van der Waals surface area (Å²) in [6, 6.07) is 4.64. The van der Waals surface area contributed by atoms with Gasteiger partial charge in [0.05, 0.1) is 11.3 Å². The average Bonchev–Trinajstić information content (AvgIpc) is 2.60. The summed E-state index contributed by atoms with van der Waals surface area (Å²) in [5.41, 5.74) is -0.712. The third-order valence-corrected chi connectivity index (χ3v) is 4.61. The molecule has 0 heterocycles. The van der Waals surface area contributed by atoms with Gasteiger partial charge in [-0.1, -0.05) is 33.8 Å². The van der Waals surface area contributed by atoms with E-state index in [0.29, 0.717) is 0 Å². The lowest BCUT2D eigenvalue weighted by atomic mass is 9.85. The van der Waals surface area contributed by atoms with Gasteiger partial charge in [0.1, 0.15) is 11.4 Å². The van der Waals surface area contributed by atoms with Crippen LogP contribution >= 0.6 is 0 Å². The lowest BCUT2D eigenvalue weighted by molar-refractivity contribution is 0.0824. The quantitative estimate of drug-likeness (QED) is 0.532. The number of hydrogen-bond acceptors (Lipinski definition) is 6. The number of benzene rings is 1. The minimum atomic E-state index is -0.648. The van der Waals surface area contributed by atoms with Crippen LogP contribution in [0.3, 0.4) is 0 Å². The zero-order valence-corrected chi connectivity index (χ0v) is 16.6. The Morgan fingerprint density at radius 3 is 2.26 bits per heavy atom. The minimum absolute atomic E-state index is 0.00315. The van der Waals surface area contributed by atoms with E-state index in [9.17, 15) is 19.5 Å². The molecule has 1 unspecified atom stereocenters. The molecule has 3 N–H and O–H groups in total. The Bertz CT molecular complexity index is 918. The third kappa shape index (κ3) is 3.97. The maximum absolute atomic E-state index is 12.2. The number of hydrogen-bond donors (Lipinski definition) is 3. The van der Waals surface area contributed by atoms with Gasteiger partial charge in [0.25, 0.3) is 16.8 Å². The van der Waals surface area contributed by atoms with E-state index in [-0.39, 0.29) is 45.7 Å². The van der Waals surface area contributed by atoms with E-state index in [2.05, 4.69) is 31.4 Å². The molecule has 1 atom stereocenters. The van der Waals surface area contributed by atoms with Crippen LogP contribution in [0, 0.1) is 5.41 Å². The fourth-order valence-corrected chi connectivity index (χ4v) is 2.95. The van der Waals surface area contributed by atoms with Gasteiger partial charge in [0.2, 0.25) is 0 Å². The van der Waals surface area contributed by atoms with Crippen molar-refractivity contribution in [2.75, 3.05) is 24.7 Å². The molecule has 0 aromatic heterocycles. The fourth-order valence-electron chi connectivity index (χ4n) is 2.95. The molecule has 0 saturated heterocycles. The molecular formula is C20H27N3O4. The number of rotatable bonds is 6. The number of nitrogens with zero attached hydrogens (tertiary/aromatic N) is 1. The molecule has 0 fully saturated rings. The first-order valence-corrected chi connectivity index (χ1v) is 8.89. The van der Waals surface area contributed by atoms with Crippen molar-refractivity contribution in [1.82, 2.24) is 4.90 Å². The predicted octanol–water partition coefficient (Wildman–Crippen LogP) is 2.67. The molecule has 0 aliphatic heterocycles. The second-order valence-electron chi connectivity index (χ2n) is 7.91. The molecule has 0 aliphatic carbocycles. The lowest BCUT2D eigenvalue weighted by Gasteiger charge is -2.32. The Hall–Kier alpha value is -2.83. The third-order valence-electron chi connectivity index (χ3n) is 4.61. The van der Waals surface area contributed by atoms with Crippen molar-refractivity contribution in [3.05, 3.63) is 44.2 Å². The molecule has 7 heteroatoms. The van der Waals surface area contributed by atoms with E-state index in [1.165, 1.54) is 11.0 Å². The Morgan fingerprint density at radius 2 is 1.74 bits per heavy atom. The van der Waals surface area contributed by atoms with Crippen LogP contribution in [0.4, 0.5) is 17.1 Å². The van der Waals surface area contributed by atoms with Gasteiger partial charge < -0.3 is 20.6 Å². The smallest absolute Gasteiger partial charge is 0.257 e. The molecule has 2 rings (SSSR count). The highest BCUT2D eigenvalue weighted by Gasteiger charge is 2.29. The summed E-state index contributed by atoms with van der Waals surface area (Å²) in [6.45, 7) is 8.16. The minimum Gasteiger partial charge on any atom is -0.505 e. The number of carbonyl (C=O) groups excluding carboxylic acids is 1. The van der Waals surface area contributed by atoms with Crippen LogP contribution in [0.5, 0.6) is 5.75 Å². The lowest BCUT2D eigenvalue weighted by Crippen LogP contribution is -2.42. The van der Waals surface area contributed by atoms with E-state index < -0.39 is 10.9 Å². The molecule has 7 nitrogen and oxygen atoms in total. The molecule has 0 spiro atoms. The summed E-state index contributed by atoms with van der Waals surface area (Å²) in [4.78, 5) is 37.6. The van der Waals surface area contributed by atoms with Crippen molar-refractivity contribution in [3.8, 4) is 5.75 Å². The first-order chi connectivity index (χ1) is 12.5. The number of amides is 1. The van der Waals surface area contributed by atoms with Gasteiger partial charge in [-0.05, 0) is 24.0 Å². The number of carbonyl (C=O) groups is 1.